The number of carbonyl (C=O) groups excluding carboxylic acids is 2. The van der Waals surface area contributed by atoms with Gasteiger partial charge in [-0.1, -0.05) is 0 Å². The van der Waals surface area contributed by atoms with E-state index < -0.39 is 5.91 Å². The lowest BCUT2D eigenvalue weighted by Gasteiger charge is -2.43. The van der Waals surface area contributed by atoms with Crippen LogP contribution >= 0.6 is 0 Å². The van der Waals surface area contributed by atoms with Crippen LogP contribution in [0, 0.1) is 0 Å². The maximum atomic E-state index is 11.7. The molecule has 2 amide bonds. The number of carbonyl (C=O) groups is 2. The number of rotatable bonds is 4. The first kappa shape index (κ1) is 14.1. The van der Waals surface area contributed by atoms with Crippen LogP contribution in [0.2, 0.25) is 0 Å². The second-order valence-electron chi connectivity index (χ2n) is 6.00. The highest BCUT2D eigenvalue weighted by molar-refractivity contribution is 5.92. The van der Waals surface area contributed by atoms with Gasteiger partial charge in [-0.05, 0) is 12.8 Å². The average Bonchev–Trinajstić information content (AvgIpc) is 2.87. The molecule has 0 aliphatic carbocycles. The number of nitrogens with two attached hydrogens (primary N) is 1. The van der Waals surface area contributed by atoms with Crippen molar-refractivity contribution < 1.29 is 9.59 Å². The van der Waals surface area contributed by atoms with Crippen LogP contribution in [0.25, 0.3) is 0 Å². The first-order chi connectivity index (χ1) is 10.0. The summed E-state index contributed by atoms with van der Waals surface area (Å²) in [5, 5.41) is 4.19. The number of nitrogens with zero attached hydrogens (tertiary/aromatic N) is 4. The smallest absolute Gasteiger partial charge is 0.251 e. The molecular formula is C14H21N5O2. The Balaban J connectivity index is 1.51. The van der Waals surface area contributed by atoms with E-state index in [1.807, 2.05) is 16.6 Å². The molecule has 114 valence electrons. The lowest BCUT2D eigenvalue weighted by molar-refractivity contribution is -0.135. The van der Waals surface area contributed by atoms with Gasteiger partial charge < -0.3 is 10.6 Å². The summed E-state index contributed by atoms with van der Waals surface area (Å²) >= 11 is 0. The van der Waals surface area contributed by atoms with E-state index in [9.17, 15) is 9.59 Å². The van der Waals surface area contributed by atoms with Crippen LogP contribution in [0.3, 0.4) is 0 Å². The Kier molecular flexibility index (Phi) is 3.67. The fourth-order valence-electron chi connectivity index (χ4n) is 3.10. The Bertz CT molecular complexity index is 549. The Morgan fingerprint density at radius 3 is 2.90 bits per heavy atom. The molecule has 21 heavy (non-hydrogen) atoms. The van der Waals surface area contributed by atoms with Crippen molar-refractivity contribution in [1.29, 1.82) is 0 Å². The molecule has 2 saturated heterocycles. The quantitative estimate of drug-likeness (QED) is 0.836. The third kappa shape index (κ3) is 2.78. The topological polar surface area (TPSA) is 84.5 Å². The predicted molar refractivity (Wildman–Crippen MR) is 76.6 cm³/mol. The third-order valence-corrected chi connectivity index (χ3v) is 4.54. The van der Waals surface area contributed by atoms with Gasteiger partial charge in [-0.2, -0.15) is 5.10 Å². The monoisotopic (exact) mass is 291 g/mol. The van der Waals surface area contributed by atoms with Crippen molar-refractivity contribution in [3.63, 3.8) is 0 Å². The Labute approximate surface area is 123 Å². The number of aromatic nitrogens is 2. The largest absolute Gasteiger partial charge is 0.366 e. The summed E-state index contributed by atoms with van der Waals surface area (Å²) in [4.78, 5) is 27.0. The van der Waals surface area contributed by atoms with E-state index in [2.05, 4.69) is 10.00 Å². The highest BCUT2D eigenvalue weighted by Gasteiger charge is 2.33. The molecule has 7 nitrogen and oxygen atoms in total. The van der Waals surface area contributed by atoms with Crippen LogP contribution in [0.5, 0.6) is 0 Å². The van der Waals surface area contributed by atoms with Gasteiger partial charge in [0, 0.05) is 45.3 Å². The molecule has 1 atom stereocenters. The normalized spacial score (nSPS) is 24.1. The molecule has 0 aromatic carbocycles. The molecule has 3 rings (SSSR count). The molecular weight excluding hydrogens is 270 g/mol. The van der Waals surface area contributed by atoms with Crippen LogP contribution in [0.1, 0.15) is 35.7 Å². The van der Waals surface area contributed by atoms with E-state index in [4.69, 9.17) is 5.73 Å². The maximum absolute atomic E-state index is 11.7. The molecule has 7 heteroatoms. The fraction of sp³-hybridized carbons (Fsp3) is 0.643. The zero-order valence-corrected chi connectivity index (χ0v) is 12.2. The highest BCUT2D eigenvalue weighted by atomic mass is 16.2. The summed E-state index contributed by atoms with van der Waals surface area (Å²) in [5.41, 5.74) is 5.68. The number of piperidine rings is 1. The second-order valence-corrected chi connectivity index (χ2v) is 6.00. The van der Waals surface area contributed by atoms with E-state index in [0.29, 0.717) is 24.1 Å². The predicted octanol–water partition coefficient (Wildman–Crippen LogP) is -0.150. The Morgan fingerprint density at radius 2 is 2.24 bits per heavy atom. The molecule has 0 radical (unpaired) electrons. The Hall–Kier alpha value is -1.89. The molecule has 2 aliphatic rings. The van der Waals surface area contributed by atoms with Gasteiger partial charge in [-0.25, -0.2) is 0 Å². The lowest BCUT2D eigenvalue weighted by atomic mass is 9.99. The zero-order chi connectivity index (χ0) is 15.0. The van der Waals surface area contributed by atoms with Crippen molar-refractivity contribution >= 4 is 11.8 Å². The minimum Gasteiger partial charge on any atom is -0.366 e. The van der Waals surface area contributed by atoms with Crippen molar-refractivity contribution in [2.45, 2.75) is 31.3 Å². The summed E-state index contributed by atoms with van der Waals surface area (Å²) < 4.78 is 1.81. The fourth-order valence-corrected chi connectivity index (χ4v) is 3.10. The van der Waals surface area contributed by atoms with Gasteiger partial charge in [0.15, 0.2) is 0 Å². The number of hydrogen-bond acceptors (Lipinski definition) is 4. The van der Waals surface area contributed by atoms with Gasteiger partial charge in [0.2, 0.25) is 5.91 Å². The number of amides is 2. The van der Waals surface area contributed by atoms with Crippen LogP contribution in [-0.4, -0.2) is 64.1 Å². The standard InChI is InChI=1S/C14H21N5O2/c1-17-11(3-2-4-13(17)20)7-18-8-12(9-18)19-6-10(5-16-19)14(15)21/h5-6,11-12H,2-4,7-9H2,1H3,(H2,15,21). The van der Waals surface area contributed by atoms with E-state index in [1.54, 1.807) is 6.20 Å². The van der Waals surface area contributed by atoms with Crippen LogP contribution < -0.4 is 5.73 Å². The minimum absolute atomic E-state index is 0.251. The van der Waals surface area contributed by atoms with Gasteiger partial charge in [-0.15, -0.1) is 0 Å². The number of likely N-dealkylation sites (tertiary alicyclic amines) is 2. The summed E-state index contributed by atoms with van der Waals surface area (Å²) in [5.74, 6) is -0.193. The van der Waals surface area contributed by atoms with Gasteiger partial charge >= 0.3 is 0 Å². The first-order valence-electron chi connectivity index (χ1n) is 7.36. The van der Waals surface area contributed by atoms with Gasteiger partial charge in [0.05, 0.1) is 17.8 Å². The second kappa shape index (κ2) is 5.48. The van der Waals surface area contributed by atoms with E-state index in [0.717, 1.165) is 32.5 Å². The van der Waals surface area contributed by atoms with E-state index in [1.165, 1.54) is 6.20 Å². The lowest BCUT2D eigenvalue weighted by Crippen LogP contribution is -2.54. The SMILES string of the molecule is CN1C(=O)CCCC1CN1CC(n2cc(C(N)=O)cn2)C1. The summed E-state index contributed by atoms with van der Waals surface area (Å²) in [7, 11) is 1.90. The molecule has 1 aromatic rings. The van der Waals surface area contributed by atoms with Gasteiger partial charge in [0.1, 0.15) is 0 Å². The van der Waals surface area contributed by atoms with Crippen LogP contribution in [-0.2, 0) is 4.79 Å². The zero-order valence-electron chi connectivity index (χ0n) is 12.2. The van der Waals surface area contributed by atoms with Crippen molar-refractivity contribution in [3.8, 4) is 0 Å². The van der Waals surface area contributed by atoms with Crippen molar-refractivity contribution in [2.75, 3.05) is 26.7 Å². The summed E-state index contributed by atoms with van der Waals surface area (Å²) in [6, 6.07) is 0.619. The van der Waals surface area contributed by atoms with E-state index >= 15 is 0 Å². The van der Waals surface area contributed by atoms with Gasteiger partial charge in [-0.3, -0.25) is 19.2 Å². The molecule has 2 aliphatic heterocycles. The molecule has 2 N–H and O–H groups in total. The number of hydrogen-bond donors (Lipinski definition) is 1. The van der Waals surface area contributed by atoms with Crippen LogP contribution in [0.4, 0.5) is 0 Å². The molecule has 3 heterocycles. The highest BCUT2D eigenvalue weighted by Crippen LogP contribution is 2.24. The van der Waals surface area contributed by atoms with Crippen molar-refractivity contribution in [3.05, 3.63) is 18.0 Å². The van der Waals surface area contributed by atoms with Crippen molar-refractivity contribution in [2.24, 2.45) is 5.73 Å². The first-order valence-corrected chi connectivity index (χ1v) is 7.36. The molecule has 1 unspecified atom stereocenters. The molecule has 0 spiro atoms. The van der Waals surface area contributed by atoms with E-state index in [-0.39, 0.29) is 5.91 Å². The molecule has 0 saturated carbocycles. The maximum Gasteiger partial charge on any atom is 0.251 e. The summed E-state index contributed by atoms with van der Waals surface area (Å²) in [6.07, 6.45) is 5.97. The minimum atomic E-state index is -0.445. The molecule has 0 bridgehead atoms. The average molecular weight is 291 g/mol. The van der Waals surface area contributed by atoms with Crippen LogP contribution in [0.15, 0.2) is 12.4 Å². The number of likely N-dealkylation sites (N-methyl/N-ethyl adjacent to an activating group) is 1. The summed E-state index contributed by atoms with van der Waals surface area (Å²) in [6.45, 7) is 2.72. The molecule has 2 fully saturated rings. The number of primary amides is 1. The third-order valence-electron chi connectivity index (χ3n) is 4.54. The van der Waals surface area contributed by atoms with Crippen molar-refractivity contribution in [1.82, 2.24) is 19.6 Å². The van der Waals surface area contributed by atoms with Gasteiger partial charge in [0.25, 0.3) is 5.91 Å². The Morgan fingerprint density at radius 1 is 1.48 bits per heavy atom. The molecule has 1 aromatic heterocycles.